The van der Waals surface area contributed by atoms with Gasteiger partial charge in [0.15, 0.2) is 0 Å². The standard InChI is InChI=1S/C10H17N3OS/c1-14-10-12-9(8-15-10)7-13-5-2-3-11-4-6-13/h8,11H,2-7H2,1H3. The summed E-state index contributed by atoms with van der Waals surface area (Å²) in [5, 5.41) is 6.24. The summed E-state index contributed by atoms with van der Waals surface area (Å²) in [6.07, 6.45) is 1.22. The summed E-state index contributed by atoms with van der Waals surface area (Å²) in [5.74, 6) is 0. The molecule has 0 radical (unpaired) electrons. The van der Waals surface area contributed by atoms with Gasteiger partial charge in [0.25, 0.3) is 5.19 Å². The first-order chi connectivity index (χ1) is 7.38. The van der Waals surface area contributed by atoms with Gasteiger partial charge in [-0.25, -0.2) is 4.98 Å². The fraction of sp³-hybridized carbons (Fsp3) is 0.700. The van der Waals surface area contributed by atoms with E-state index in [1.807, 2.05) is 0 Å². The van der Waals surface area contributed by atoms with Crippen molar-refractivity contribution in [2.24, 2.45) is 0 Å². The number of aromatic nitrogens is 1. The van der Waals surface area contributed by atoms with E-state index in [0.29, 0.717) is 0 Å². The summed E-state index contributed by atoms with van der Waals surface area (Å²) >= 11 is 1.57. The number of thiazole rings is 1. The number of hydrogen-bond acceptors (Lipinski definition) is 5. The van der Waals surface area contributed by atoms with Crippen molar-refractivity contribution < 1.29 is 4.74 Å². The molecule has 0 amide bonds. The Balaban J connectivity index is 1.89. The summed E-state index contributed by atoms with van der Waals surface area (Å²) < 4.78 is 5.09. The highest BCUT2D eigenvalue weighted by Crippen LogP contribution is 2.18. The maximum absolute atomic E-state index is 5.09. The van der Waals surface area contributed by atoms with Crippen LogP contribution in [0.3, 0.4) is 0 Å². The molecule has 2 heterocycles. The van der Waals surface area contributed by atoms with E-state index in [1.165, 1.54) is 6.42 Å². The van der Waals surface area contributed by atoms with Crippen LogP contribution in [0, 0.1) is 0 Å². The lowest BCUT2D eigenvalue weighted by Crippen LogP contribution is -2.27. The van der Waals surface area contributed by atoms with Crippen LogP contribution in [-0.4, -0.2) is 43.2 Å². The third-order valence-corrected chi connectivity index (χ3v) is 3.37. The van der Waals surface area contributed by atoms with Crippen LogP contribution in [0.5, 0.6) is 5.19 Å². The van der Waals surface area contributed by atoms with Crippen molar-refractivity contribution in [2.45, 2.75) is 13.0 Å². The number of nitrogens with one attached hydrogen (secondary N) is 1. The van der Waals surface area contributed by atoms with Gasteiger partial charge in [-0.1, -0.05) is 11.3 Å². The van der Waals surface area contributed by atoms with Gasteiger partial charge in [-0.3, -0.25) is 4.90 Å². The Morgan fingerprint density at radius 1 is 1.53 bits per heavy atom. The van der Waals surface area contributed by atoms with Crippen LogP contribution in [0.4, 0.5) is 0 Å². The lowest BCUT2D eigenvalue weighted by Gasteiger charge is -2.17. The Bertz CT molecular complexity index is 295. The van der Waals surface area contributed by atoms with Crippen molar-refractivity contribution in [1.82, 2.24) is 15.2 Å². The largest absolute Gasteiger partial charge is 0.473 e. The van der Waals surface area contributed by atoms with E-state index in [4.69, 9.17) is 4.74 Å². The van der Waals surface area contributed by atoms with Crippen molar-refractivity contribution in [3.63, 3.8) is 0 Å². The van der Waals surface area contributed by atoms with Crippen LogP contribution in [0.25, 0.3) is 0 Å². The Kier molecular flexibility index (Phi) is 3.94. The van der Waals surface area contributed by atoms with Crippen LogP contribution in [0.2, 0.25) is 0 Å². The number of methoxy groups -OCH3 is 1. The second kappa shape index (κ2) is 5.44. The maximum Gasteiger partial charge on any atom is 0.273 e. The zero-order chi connectivity index (χ0) is 10.5. The lowest BCUT2D eigenvalue weighted by atomic mass is 10.3. The molecule has 2 rings (SSSR count). The highest BCUT2D eigenvalue weighted by Gasteiger charge is 2.10. The molecule has 1 aliphatic rings. The van der Waals surface area contributed by atoms with Crippen molar-refractivity contribution in [3.8, 4) is 5.19 Å². The molecule has 84 valence electrons. The predicted octanol–water partition coefficient (Wildman–Crippen LogP) is 0.947. The Morgan fingerprint density at radius 3 is 3.27 bits per heavy atom. The maximum atomic E-state index is 5.09. The molecule has 0 aliphatic carbocycles. The van der Waals surface area contributed by atoms with Gasteiger partial charge in [0.1, 0.15) is 0 Å². The van der Waals surface area contributed by atoms with Gasteiger partial charge in [0.2, 0.25) is 0 Å². The number of hydrogen-bond donors (Lipinski definition) is 1. The molecule has 4 nitrogen and oxygen atoms in total. The van der Waals surface area contributed by atoms with E-state index in [-0.39, 0.29) is 0 Å². The molecule has 1 fully saturated rings. The zero-order valence-corrected chi connectivity index (χ0v) is 9.85. The molecule has 0 atom stereocenters. The van der Waals surface area contributed by atoms with E-state index >= 15 is 0 Å². The minimum Gasteiger partial charge on any atom is -0.473 e. The Morgan fingerprint density at radius 2 is 2.47 bits per heavy atom. The first-order valence-corrected chi connectivity index (χ1v) is 6.18. The lowest BCUT2D eigenvalue weighted by molar-refractivity contribution is 0.280. The quantitative estimate of drug-likeness (QED) is 0.834. The zero-order valence-electron chi connectivity index (χ0n) is 9.03. The minimum absolute atomic E-state index is 0.762. The first kappa shape index (κ1) is 10.9. The van der Waals surface area contributed by atoms with E-state index in [2.05, 4.69) is 20.6 Å². The van der Waals surface area contributed by atoms with Gasteiger partial charge in [0, 0.05) is 25.0 Å². The van der Waals surface area contributed by atoms with E-state index in [9.17, 15) is 0 Å². The third-order valence-electron chi connectivity index (χ3n) is 2.52. The molecule has 0 bridgehead atoms. The van der Waals surface area contributed by atoms with E-state index in [0.717, 1.165) is 43.6 Å². The van der Waals surface area contributed by atoms with Gasteiger partial charge in [0.05, 0.1) is 12.8 Å². The average molecular weight is 227 g/mol. The van der Waals surface area contributed by atoms with E-state index in [1.54, 1.807) is 18.4 Å². The molecule has 0 saturated carbocycles. The molecule has 1 aromatic heterocycles. The summed E-state index contributed by atoms with van der Waals surface area (Å²) in [7, 11) is 1.67. The van der Waals surface area contributed by atoms with Gasteiger partial charge in [-0.05, 0) is 19.5 Å². The van der Waals surface area contributed by atoms with Gasteiger partial charge >= 0.3 is 0 Å². The monoisotopic (exact) mass is 227 g/mol. The molecule has 1 aliphatic heterocycles. The number of nitrogens with zero attached hydrogens (tertiary/aromatic N) is 2. The summed E-state index contributed by atoms with van der Waals surface area (Å²) in [6, 6.07) is 0. The average Bonchev–Trinajstić information content (AvgIpc) is 2.54. The van der Waals surface area contributed by atoms with E-state index < -0.39 is 0 Å². The van der Waals surface area contributed by atoms with Crippen LogP contribution < -0.4 is 10.1 Å². The SMILES string of the molecule is COc1nc(CN2CCCNCC2)cs1. The molecule has 15 heavy (non-hydrogen) atoms. The number of rotatable bonds is 3. The fourth-order valence-corrected chi connectivity index (χ4v) is 2.37. The van der Waals surface area contributed by atoms with Gasteiger partial charge < -0.3 is 10.1 Å². The van der Waals surface area contributed by atoms with Crippen LogP contribution in [0.15, 0.2) is 5.38 Å². The van der Waals surface area contributed by atoms with Gasteiger partial charge in [-0.2, -0.15) is 0 Å². The second-order valence-corrected chi connectivity index (χ2v) is 4.51. The van der Waals surface area contributed by atoms with Crippen LogP contribution >= 0.6 is 11.3 Å². The van der Waals surface area contributed by atoms with Crippen LogP contribution in [0.1, 0.15) is 12.1 Å². The summed E-state index contributed by atoms with van der Waals surface area (Å²) in [4.78, 5) is 6.83. The molecule has 0 aromatic carbocycles. The van der Waals surface area contributed by atoms with Gasteiger partial charge in [-0.15, -0.1) is 0 Å². The third kappa shape index (κ3) is 3.15. The smallest absolute Gasteiger partial charge is 0.273 e. The minimum atomic E-state index is 0.762. The molecule has 1 saturated heterocycles. The molecular weight excluding hydrogens is 210 g/mol. The molecular formula is C10H17N3OS. The normalized spacial score (nSPS) is 18.7. The van der Waals surface area contributed by atoms with Crippen molar-refractivity contribution in [1.29, 1.82) is 0 Å². The summed E-state index contributed by atoms with van der Waals surface area (Å²) in [5.41, 5.74) is 1.12. The Labute approximate surface area is 94.3 Å². The first-order valence-electron chi connectivity index (χ1n) is 5.30. The predicted molar refractivity (Wildman–Crippen MR) is 61.4 cm³/mol. The molecule has 0 spiro atoms. The van der Waals surface area contributed by atoms with Crippen LogP contribution in [-0.2, 0) is 6.54 Å². The molecule has 0 unspecified atom stereocenters. The highest BCUT2D eigenvalue weighted by molar-refractivity contribution is 7.11. The topological polar surface area (TPSA) is 37.4 Å². The Hall–Kier alpha value is -0.650. The fourth-order valence-electron chi connectivity index (χ4n) is 1.74. The van der Waals surface area contributed by atoms with Crippen molar-refractivity contribution >= 4 is 11.3 Å². The van der Waals surface area contributed by atoms with Crippen molar-refractivity contribution in [2.75, 3.05) is 33.3 Å². The number of ether oxygens (including phenoxy) is 1. The summed E-state index contributed by atoms with van der Waals surface area (Å²) in [6.45, 7) is 5.44. The molecule has 1 N–H and O–H groups in total. The van der Waals surface area contributed by atoms with Crippen molar-refractivity contribution in [3.05, 3.63) is 11.1 Å². The highest BCUT2D eigenvalue weighted by atomic mass is 32.1. The molecule has 5 heteroatoms. The molecule has 1 aromatic rings. The second-order valence-electron chi connectivity index (χ2n) is 3.69.